The van der Waals surface area contributed by atoms with Crippen molar-refractivity contribution in [3.05, 3.63) is 152 Å². The molecule has 0 saturated heterocycles. The molecule has 0 aliphatic heterocycles. The van der Waals surface area contributed by atoms with E-state index in [1.54, 1.807) is 0 Å². The third-order valence-electron chi connectivity index (χ3n) is 11.2. The Morgan fingerprint density at radius 1 is 0.389 bits per heavy atom. The highest BCUT2D eigenvalue weighted by Crippen LogP contribution is 2.49. The largest absolute Gasteiger partial charge is 0.456 e. The second-order valence-electron chi connectivity index (χ2n) is 14.0. The van der Waals surface area contributed by atoms with Crippen LogP contribution in [0, 0.1) is 0 Å². The molecule has 13 rings (SSSR count). The predicted octanol–water partition coefficient (Wildman–Crippen LogP) is 13.2. The molecule has 5 aromatic heterocycles. The van der Waals surface area contributed by atoms with Gasteiger partial charge < -0.3 is 13.3 Å². The smallest absolute Gasteiger partial charge is 0.235 e. The highest BCUT2D eigenvalue weighted by atomic mass is 16.3. The summed E-state index contributed by atoms with van der Waals surface area (Å²) >= 11 is 0. The Bertz CT molecular complexity index is 3750. The average molecular weight is 692 g/mol. The van der Waals surface area contributed by atoms with Crippen LogP contribution in [0.2, 0.25) is 0 Å². The maximum Gasteiger partial charge on any atom is 0.235 e. The molecule has 0 radical (unpaired) electrons. The third-order valence-corrected chi connectivity index (χ3v) is 11.2. The van der Waals surface area contributed by atoms with E-state index in [1.165, 1.54) is 0 Å². The third kappa shape index (κ3) is 3.59. The lowest BCUT2D eigenvalue weighted by molar-refractivity contribution is 0.668. The molecule has 250 valence electrons. The number of aromatic nitrogens is 3. The van der Waals surface area contributed by atoms with Crippen LogP contribution in [0.1, 0.15) is 0 Å². The Hall–Kier alpha value is -7.44. The first kappa shape index (κ1) is 28.2. The first-order chi connectivity index (χ1) is 26.8. The summed E-state index contributed by atoms with van der Waals surface area (Å²) in [4.78, 5) is 10.8. The van der Waals surface area contributed by atoms with Crippen LogP contribution in [-0.2, 0) is 0 Å². The van der Waals surface area contributed by atoms with Gasteiger partial charge in [0, 0.05) is 59.4 Å². The van der Waals surface area contributed by atoms with Gasteiger partial charge in [-0.1, -0.05) is 91.0 Å². The van der Waals surface area contributed by atoms with Crippen molar-refractivity contribution in [2.75, 3.05) is 0 Å². The summed E-state index contributed by atoms with van der Waals surface area (Å²) in [7, 11) is 0. The van der Waals surface area contributed by atoms with Gasteiger partial charge in [-0.2, -0.15) is 0 Å². The van der Waals surface area contributed by atoms with Crippen molar-refractivity contribution in [3.63, 3.8) is 0 Å². The maximum atomic E-state index is 6.97. The van der Waals surface area contributed by atoms with Crippen LogP contribution in [0.15, 0.2) is 165 Å². The fourth-order valence-electron chi connectivity index (χ4n) is 8.94. The second-order valence-corrected chi connectivity index (χ2v) is 14.0. The van der Waals surface area contributed by atoms with Gasteiger partial charge >= 0.3 is 0 Å². The molecule has 0 saturated carbocycles. The number of hydrogen-bond donors (Lipinski definition) is 0. The summed E-state index contributed by atoms with van der Waals surface area (Å²) in [5.74, 6) is 0.572. The minimum absolute atomic E-state index is 0.572. The Labute approximate surface area is 305 Å². The average Bonchev–Trinajstić information content (AvgIpc) is 3.99. The minimum Gasteiger partial charge on any atom is -0.456 e. The van der Waals surface area contributed by atoms with Crippen molar-refractivity contribution in [2.24, 2.45) is 0 Å². The van der Waals surface area contributed by atoms with Crippen LogP contribution in [0.25, 0.3) is 127 Å². The van der Waals surface area contributed by atoms with Crippen molar-refractivity contribution in [2.45, 2.75) is 0 Å². The van der Waals surface area contributed by atoms with Gasteiger partial charge in [-0.25, -0.2) is 9.97 Å². The van der Waals surface area contributed by atoms with Gasteiger partial charge in [0.25, 0.3) is 0 Å². The van der Waals surface area contributed by atoms with Crippen LogP contribution in [0.5, 0.6) is 0 Å². The Morgan fingerprint density at radius 2 is 1.00 bits per heavy atom. The molecule has 0 atom stereocenters. The molecular formula is C48H25N3O3. The molecule has 0 spiro atoms. The second kappa shape index (κ2) is 10.1. The van der Waals surface area contributed by atoms with Gasteiger partial charge in [-0.3, -0.25) is 4.57 Å². The van der Waals surface area contributed by atoms with Gasteiger partial charge in [0.05, 0.1) is 16.7 Å². The number of hydrogen-bond acceptors (Lipinski definition) is 5. The van der Waals surface area contributed by atoms with E-state index in [9.17, 15) is 0 Å². The molecule has 6 heteroatoms. The number of benzene rings is 8. The summed E-state index contributed by atoms with van der Waals surface area (Å²) in [5.41, 5.74) is 9.66. The van der Waals surface area contributed by atoms with Crippen molar-refractivity contribution >= 4 is 109 Å². The number of nitrogens with zero attached hydrogens (tertiary/aromatic N) is 3. The van der Waals surface area contributed by atoms with E-state index in [0.29, 0.717) is 5.95 Å². The fourth-order valence-corrected chi connectivity index (χ4v) is 8.94. The van der Waals surface area contributed by atoms with Gasteiger partial charge in [0.2, 0.25) is 5.95 Å². The molecule has 0 bridgehead atoms. The zero-order valence-electron chi connectivity index (χ0n) is 28.5. The van der Waals surface area contributed by atoms with Gasteiger partial charge in [0.15, 0.2) is 5.58 Å². The summed E-state index contributed by atoms with van der Waals surface area (Å²) in [6, 6.07) is 52.2. The summed E-state index contributed by atoms with van der Waals surface area (Å²) < 4.78 is 21.8. The van der Waals surface area contributed by atoms with Crippen molar-refractivity contribution in [3.8, 4) is 17.2 Å². The zero-order chi connectivity index (χ0) is 35.1. The number of fused-ring (bicyclic) bond motifs is 18. The van der Waals surface area contributed by atoms with Gasteiger partial charge in [-0.05, 0) is 66.0 Å². The molecule has 0 amide bonds. The molecular weight excluding hydrogens is 667 g/mol. The van der Waals surface area contributed by atoms with Crippen molar-refractivity contribution in [1.29, 1.82) is 0 Å². The van der Waals surface area contributed by atoms with E-state index < -0.39 is 0 Å². The lowest BCUT2D eigenvalue weighted by Gasteiger charge is -2.12. The molecule has 5 heterocycles. The predicted molar refractivity (Wildman–Crippen MR) is 219 cm³/mol. The Kier molecular flexibility index (Phi) is 5.28. The lowest BCUT2D eigenvalue weighted by Crippen LogP contribution is -2.03. The zero-order valence-corrected chi connectivity index (χ0v) is 28.5. The molecule has 0 N–H and O–H groups in total. The van der Waals surface area contributed by atoms with E-state index >= 15 is 0 Å². The lowest BCUT2D eigenvalue weighted by atomic mass is 9.95. The number of para-hydroxylation sites is 5. The molecule has 8 aromatic carbocycles. The monoisotopic (exact) mass is 691 g/mol. The Morgan fingerprint density at radius 3 is 1.83 bits per heavy atom. The normalized spacial score (nSPS) is 12.4. The highest BCUT2D eigenvalue weighted by molar-refractivity contribution is 6.40. The first-order valence-electron chi connectivity index (χ1n) is 18.1. The summed E-state index contributed by atoms with van der Waals surface area (Å²) in [5, 5.41) is 11.8. The Balaban J connectivity index is 1.22. The van der Waals surface area contributed by atoms with E-state index in [1.807, 2.05) is 60.7 Å². The molecule has 0 aliphatic carbocycles. The van der Waals surface area contributed by atoms with Crippen molar-refractivity contribution < 1.29 is 13.3 Å². The topological polar surface area (TPSA) is 70.1 Å². The van der Waals surface area contributed by atoms with E-state index in [0.717, 1.165) is 121 Å². The fraction of sp³-hybridized carbons (Fsp3) is 0. The van der Waals surface area contributed by atoms with E-state index in [-0.39, 0.29) is 0 Å². The molecule has 0 aliphatic rings. The minimum atomic E-state index is 0.572. The van der Waals surface area contributed by atoms with E-state index in [2.05, 4.69) is 95.6 Å². The molecule has 0 fully saturated rings. The van der Waals surface area contributed by atoms with Crippen molar-refractivity contribution in [1.82, 2.24) is 14.5 Å². The van der Waals surface area contributed by atoms with Gasteiger partial charge in [-0.15, -0.1) is 0 Å². The highest BCUT2D eigenvalue weighted by Gasteiger charge is 2.27. The van der Waals surface area contributed by atoms with E-state index in [4.69, 9.17) is 23.2 Å². The first-order valence-corrected chi connectivity index (χ1v) is 18.1. The molecule has 0 unspecified atom stereocenters. The molecule has 6 nitrogen and oxygen atoms in total. The summed E-state index contributed by atoms with van der Waals surface area (Å²) in [6.45, 7) is 0. The summed E-state index contributed by atoms with van der Waals surface area (Å²) in [6.07, 6.45) is 0. The number of rotatable bonds is 2. The van der Waals surface area contributed by atoms with Crippen LogP contribution in [-0.4, -0.2) is 14.5 Å². The maximum absolute atomic E-state index is 6.97. The SMILES string of the molecule is c1ccc2c(-c3ccc4oc5ccccc5c4c3)nc(-n3c4ccccc4c4c5ccc6oc7ccccc7c6c5c5c6ccccc6oc5c43)nc2c1. The standard InChI is InChI=1S/C48H25N3O3/c1-6-16-34-28(12-1)45(26-21-23-39-33(25-26)27-11-3-8-18-36(27)52-39)50-48(49-34)51-35-17-7-2-13-29(35)41-32-22-24-40-42(30-14-4-9-19-37(30)53-40)43(32)44-31-15-5-10-20-38(31)54-47(44)46(41)51/h1-25H. The number of furan rings is 3. The van der Waals surface area contributed by atoms with Crippen LogP contribution < -0.4 is 0 Å². The molecule has 54 heavy (non-hydrogen) atoms. The van der Waals surface area contributed by atoms with Crippen LogP contribution >= 0.6 is 0 Å². The quantitative estimate of drug-likeness (QED) is 0.180. The molecule has 13 aromatic rings. The van der Waals surface area contributed by atoms with Gasteiger partial charge in [0.1, 0.15) is 33.4 Å². The van der Waals surface area contributed by atoms with Crippen LogP contribution in [0.4, 0.5) is 0 Å². The van der Waals surface area contributed by atoms with Crippen LogP contribution in [0.3, 0.4) is 0 Å².